The zero-order chi connectivity index (χ0) is 19.9. The van der Waals surface area contributed by atoms with Gasteiger partial charge in [0, 0.05) is 16.6 Å². The molecule has 0 aliphatic heterocycles. The smallest absolute Gasteiger partial charge is 0.161 e. The van der Waals surface area contributed by atoms with Gasteiger partial charge in [0.1, 0.15) is 6.61 Å². The van der Waals surface area contributed by atoms with E-state index in [2.05, 4.69) is 5.32 Å². The lowest BCUT2D eigenvalue weighted by atomic mass is 10.2. The lowest BCUT2D eigenvalue weighted by molar-refractivity contribution is 0.269. The summed E-state index contributed by atoms with van der Waals surface area (Å²) in [5.74, 6) is 1.40. The average Bonchev–Trinajstić information content (AvgIpc) is 2.69. The Labute approximate surface area is 180 Å². The minimum Gasteiger partial charge on any atom is -0.490 e. The molecule has 0 saturated carbocycles. The van der Waals surface area contributed by atoms with Crippen LogP contribution in [0.15, 0.2) is 60.7 Å². The molecule has 0 amide bonds. The van der Waals surface area contributed by atoms with Crippen molar-refractivity contribution in [3.8, 4) is 11.5 Å². The van der Waals surface area contributed by atoms with Gasteiger partial charge < -0.3 is 14.8 Å². The Morgan fingerprint density at radius 1 is 0.750 bits per heavy atom. The molecular formula is C22H20Cl3NO2. The minimum atomic E-state index is 0.437. The molecule has 0 unspecified atom stereocenters. The van der Waals surface area contributed by atoms with Crippen molar-refractivity contribution in [2.24, 2.45) is 0 Å². The van der Waals surface area contributed by atoms with E-state index in [-0.39, 0.29) is 0 Å². The fourth-order valence-corrected chi connectivity index (χ4v) is 3.10. The highest BCUT2D eigenvalue weighted by Gasteiger charge is 2.08. The maximum absolute atomic E-state index is 6.20. The molecule has 3 nitrogen and oxygen atoms in total. The van der Waals surface area contributed by atoms with E-state index in [0.29, 0.717) is 46.3 Å². The summed E-state index contributed by atoms with van der Waals surface area (Å²) in [6, 6.07) is 18.8. The van der Waals surface area contributed by atoms with Gasteiger partial charge in [0.25, 0.3) is 0 Å². The molecule has 3 aromatic carbocycles. The van der Waals surface area contributed by atoms with E-state index in [1.54, 1.807) is 18.2 Å². The van der Waals surface area contributed by atoms with Gasteiger partial charge in [0.15, 0.2) is 11.5 Å². The van der Waals surface area contributed by atoms with Crippen LogP contribution in [0, 0.1) is 0 Å². The molecule has 0 atom stereocenters. The van der Waals surface area contributed by atoms with Crippen molar-refractivity contribution >= 4 is 40.5 Å². The molecule has 0 radical (unpaired) electrons. The van der Waals surface area contributed by atoms with Crippen LogP contribution in [0.3, 0.4) is 0 Å². The van der Waals surface area contributed by atoms with E-state index >= 15 is 0 Å². The van der Waals surface area contributed by atoms with Crippen molar-refractivity contribution in [2.45, 2.75) is 20.1 Å². The first kappa shape index (κ1) is 20.7. The number of benzene rings is 3. The standard InChI is InChI=1S/C22H20Cl3NO2/c1-2-27-22-11-16(13-26-20-12-18(24)8-9-19(20)25)5-10-21(22)28-14-15-3-6-17(23)7-4-15/h3-12,26H,2,13-14H2,1H3. The quantitative estimate of drug-likeness (QED) is 0.404. The molecule has 28 heavy (non-hydrogen) atoms. The number of halogens is 3. The fraction of sp³-hybridized carbons (Fsp3) is 0.182. The van der Waals surface area contributed by atoms with Crippen molar-refractivity contribution in [3.05, 3.63) is 86.9 Å². The summed E-state index contributed by atoms with van der Waals surface area (Å²) in [5.41, 5.74) is 2.86. The fourth-order valence-electron chi connectivity index (χ4n) is 2.62. The molecule has 0 aromatic heterocycles. The number of hydrogen-bond acceptors (Lipinski definition) is 3. The van der Waals surface area contributed by atoms with Crippen molar-refractivity contribution in [1.82, 2.24) is 0 Å². The highest BCUT2D eigenvalue weighted by Crippen LogP contribution is 2.31. The van der Waals surface area contributed by atoms with Crippen LogP contribution in [0.1, 0.15) is 18.1 Å². The van der Waals surface area contributed by atoms with Crippen LogP contribution in [0.5, 0.6) is 11.5 Å². The summed E-state index contributed by atoms with van der Waals surface area (Å²) in [6.45, 7) is 3.51. The van der Waals surface area contributed by atoms with Gasteiger partial charge in [-0.1, -0.05) is 53.0 Å². The summed E-state index contributed by atoms with van der Waals surface area (Å²) in [6.07, 6.45) is 0. The molecule has 3 aromatic rings. The van der Waals surface area contributed by atoms with Crippen LogP contribution < -0.4 is 14.8 Å². The van der Waals surface area contributed by atoms with Gasteiger partial charge in [-0.3, -0.25) is 0 Å². The van der Waals surface area contributed by atoms with Crippen molar-refractivity contribution in [1.29, 1.82) is 0 Å². The first-order valence-electron chi connectivity index (χ1n) is 8.87. The molecule has 0 aliphatic carbocycles. The lowest BCUT2D eigenvalue weighted by Gasteiger charge is -2.15. The molecule has 0 fully saturated rings. The van der Waals surface area contributed by atoms with E-state index in [4.69, 9.17) is 44.3 Å². The highest BCUT2D eigenvalue weighted by molar-refractivity contribution is 6.35. The van der Waals surface area contributed by atoms with Crippen LogP contribution in [0.2, 0.25) is 15.1 Å². The predicted octanol–water partition coefficient (Wildman–Crippen LogP) is 7.24. The zero-order valence-electron chi connectivity index (χ0n) is 15.3. The first-order chi connectivity index (χ1) is 13.5. The van der Waals surface area contributed by atoms with E-state index in [0.717, 1.165) is 16.8 Å². The lowest BCUT2D eigenvalue weighted by Crippen LogP contribution is -2.03. The normalized spacial score (nSPS) is 10.6. The molecule has 1 N–H and O–H groups in total. The second-order valence-corrected chi connectivity index (χ2v) is 7.39. The zero-order valence-corrected chi connectivity index (χ0v) is 17.6. The van der Waals surface area contributed by atoms with Crippen molar-refractivity contribution < 1.29 is 9.47 Å². The number of hydrogen-bond donors (Lipinski definition) is 1. The van der Waals surface area contributed by atoms with Gasteiger partial charge in [-0.2, -0.15) is 0 Å². The highest BCUT2D eigenvalue weighted by atomic mass is 35.5. The van der Waals surface area contributed by atoms with Gasteiger partial charge in [-0.05, 0) is 60.5 Å². The monoisotopic (exact) mass is 435 g/mol. The second kappa shape index (κ2) is 9.92. The van der Waals surface area contributed by atoms with E-state index < -0.39 is 0 Å². The Bertz CT molecular complexity index is 930. The Morgan fingerprint density at radius 2 is 1.46 bits per heavy atom. The Morgan fingerprint density at radius 3 is 2.21 bits per heavy atom. The maximum Gasteiger partial charge on any atom is 0.161 e. The molecule has 0 heterocycles. The van der Waals surface area contributed by atoms with E-state index in [1.807, 2.05) is 49.4 Å². The Hall–Kier alpha value is -2.07. The van der Waals surface area contributed by atoms with Gasteiger partial charge in [-0.15, -0.1) is 0 Å². The maximum atomic E-state index is 6.20. The van der Waals surface area contributed by atoms with Crippen LogP contribution in [-0.4, -0.2) is 6.61 Å². The minimum absolute atomic E-state index is 0.437. The van der Waals surface area contributed by atoms with Crippen molar-refractivity contribution in [3.63, 3.8) is 0 Å². The molecule has 146 valence electrons. The molecular weight excluding hydrogens is 417 g/mol. The molecule has 0 aliphatic rings. The third-order valence-electron chi connectivity index (χ3n) is 4.03. The van der Waals surface area contributed by atoms with E-state index in [1.165, 1.54) is 0 Å². The number of ether oxygens (including phenoxy) is 2. The largest absolute Gasteiger partial charge is 0.490 e. The Kier molecular flexibility index (Phi) is 7.32. The molecule has 0 bridgehead atoms. The number of anilines is 1. The van der Waals surface area contributed by atoms with Gasteiger partial charge in [0.05, 0.1) is 17.3 Å². The number of nitrogens with one attached hydrogen (secondary N) is 1. The predicted molar refractivity (Wildman–Crippen MR) is 117 cm³/mol. The topological polar surface area (TPSA) is 30.5 Å². The summed E-state index contributed by atoms with van der Waals surface area (Å²) < 4.78 is 11.7. The van der Waals surface area contributed by atoms with Crippen LogP contribution in [0.25, 0.3) is 0 Å². The molecule has 6 heteroatoms. The molecule has 0 saturated heterocycles. The number of rotatable bonds is 8. The molecule has 0 spiro atoms. The van der Waals surface area contributed by atoms with Crippen LogP contribution in [-0.2, 0) is 13.2 Å². The van der Waals surface area contributed by atoms with E-state index in [9.17, 15) is 0 Å². The third-order valence-corrected chi connectivity index (χ3v) is 4.84. The third kappa shape index (κ3) is 5.71. The molecule has 3 rings (SSSR count). The van der Waals surface area contributed by atoms with Gasteiger partial charge >= 0.3 is 0 Å². The first-order valence-corrected chi connectivity index (χ1v) is 10.0. The summed E-state index contributed by atoms with van der Waals surface area (Å²) in [7, 11) is 0. The Balaban J connectivity index is 1.69. The summed E-state index contributed by atoms with van der Waals surface area (Å²) in [5, 5.41) is 5.26. The average molecular weight is 437 g/mol. The van der Waals surface area contributed by atoms with Crippen molar-refractivity contribution in [2.75, 3.05) is 11.9 Å². The van der Waals surface area contributed by atoms with Gasteiger partial charge in [0.2, 0.25) is 0 Å². The summed E-state index contributed by atoms with van der Waals surface area (Å²) >= 11 is 18.2. The van der Waals surface area contributed by atoms with Crippen LogP contribution in [0.4, 0.5) is 5.69 Å². The SMILES string of the molecule is CCOc1cc(CNc2cc(Cl)ccc2Cl)ccc1OCc1ccc(Cl)cc1. The van der Waals surface area contributed by atoms with Gasteiger partial charge in [-0.25, -0.2) is 0 Å². The van der Waals surface area contributed by atoms with Crippen LogP contribution >= 0.6 is 34.8 Å². The summed E-state index contributed by atoms with van der Waals surface area (Å²) in [4.78, 5) is 0. The second-order valence-electron chi connectivity index (χ2n) is 6.11.